The monoisotopic (exact) mass is 216 g/mol. The van der Waals surface area contributed by atoms with Crippen LogP contribution in [0.2, 0.25) is 5.02 Å². The molecule has 0 amide bonds. The minimum Gasteiger partial charge on any atom is -0.496 e. The predicted octanol–water partition coefficient (Wildman–Crippen LogP) is 1.89. The van der Waals surface area contributed by atoms with Gasteiger partial charge < -0.3 is 14.6 Å². The zero-order valence-corrected chi connectivity index (χ0v) is 8.97. The van der Waals surface area contributed by atoms with Crippen LogP contribution in [-0.4, -0.2) is 25.9 Å². The third-order valence-electron chi connectivity index (χ3n) is 1.97. The smallest absolute Gasteiger partial charge is 0.138 e. The molecule has 0 heterocycles. The molecule has 1 aromatic carbocycles. The average molecular weight is 217 g/mol. The summed E-state index contributed by atoms with van der Waals surface area (Å²) < 4.78 is 10.2. The van der Waals surface area contributed by atoms with E-state index >= 15 is 0 Å². The van der Waals surface area contributed by atoms with Crippen molar-refractivity contribution in [2.24, 2.45) is 0 Å². The fourth-order valence-electron chi connectivity index (χ4n) is 1.28. The standard InChI is InChI=1S/C10H13ClO3/c1-13-8-3-4-9(14-2)10(11)7(8)5-6-12/h3-4,12H,5-6H2,1-2H3. The normalized spacial score (nSPS) is 10.0. The summed E-state index contributed by atoms with van der Waals surface area (Å²) in [5.41, 5.74) is 0.774. The molecule has 0 saturated heterocycles. The van der Waals surface area contributed by atoms with Gasteiger partial charge >= 0.3 is 0 Å². The topological polar surface area (TPSA) is 38.7 Å². The molecule has 0 bridgehead atoms. The summed E-state index contributed by atoms with van der Waals surface area (Å²) in [5.74, 6) is 1.26. The summed E-state index contributed by atoms with van der Waals surface area (Å²) in [6.45, 7) is 0.0310. The van der Waals surface area contributed by atoms with E-state index < -0.39 is 0 Å². The summed E-state index contributed by atoms with van der Waals surface area (Å²) in [6.07, 6.45) is 0.458. The Bertz CT molecular complexity index is 312. The van der Waals surface area contributed by atoms with Crippen LogP contribution in [0.25, 0.3) is 0 Å². The van der Waals surface area contributed by atoms with E-state index in [0.717, 1.165) is 5.56 Å². The number of halogens is 1. The van der Waals surface area contributed by atoms with Gasteiger partial charge in [-0.3, -0.25) is 0 Å². The van der Waals surface area contributed by atoms with Gasteiger partial charge in [0.2, 0.25) is 0 Å². The van der Waals surface area contributed by atoms with E-state index in [1.165, 1.54) is 0 Å². The average Bonchev–Trinajstić information content (AvgIpc) is 2.21. The lowest BCUT2D eigenvalue weighted by molar-refractivity contribution is 0.296. The van der Waals surface area contributed by atoms with Gasteiger partial charge in [0.05, 0.1) is 19.2 Å². The highest BCUT2D eigenvalue weighted by Crippen LogP contribution is 2.34. The molecular formula is C10H13ClO3. The van der Waals surface area contributed by atoms with Gasteiger partial charge in [0.15, 0.2) is 0 Å². The fourth-order valence-corrected chi connectivity index (χ4v) is 1.60. The molecule has 78 valence electrons. The molecule has 0 aliphatic heterocycles. The van der Waals surface area contributed by atoms with Gasteiger partial charge in [-0.1, -0.05) is 11.6 Å². The lowest BCUT2D eigenvalue weighted by Crippen LogP contribution is -1.98. The minimum atomic E-state index is 0.0310. The first-order chi connectivity index (χ1) is 6.74. The molecule has 0 atom stereocenters. The summed E-state index contributed by atoms with van der Waals surface area (Å²) in [7, 11) is 3.12. The second-order valence-electron chi connectivity index (χ2n) is 2.74. The Hall–Kier alpha value is -0.930. The number of ether oxygens (including phenoxy) is 2. The van der Waals surface area contributed by atoms with Crippen molar-refractivity contribution in [1.82, 2.24) is 0 Å². The Balaban J connectivity index is 3.16. The number of hydrogen-bond donors (Lipinski definition) is 1. The largest absolute Gasteiger partial charge is 0.496 e. The number of benzene rings is 1. The molecule has 0 aromatic heterocycles. The first-order valence-corrected chi connectivity index (χ1v) is 4.62. The van der Waals surface area contributed by atoms with Crippen molar-refractivity contribution in [3.05, 3.63) is 22.7 Å². The van der Waals surface area contributed by atoms with Gasteiger partial charge in [-0.05, 0) is 12.1 Å². The molecule has 1 aromatic rings. The van der Waals surface area contributed by atoms with Crippen LogP contribution in [0.3, 0.4) is 0 Å². The Kier molecular flexibility index (Phi) is 4.04. The molecule has 0 spiro atoms. The lowest BCUT2D eigenvalue weighted by atomic mass is 10.1. The molecule has 1 N–H and O–H groups in total. The quantitative estimate of drug-likeness (QED) is 0.836. The van der Waals surface area contributed by atoms with Crippen molar-refractivity contribution in [1.29, 1.82) is 0 Å². The zero-order chi connectivity index (χ0) is 10.6. The molecule has 0 fully saturated rings. The third-order valence-corrected chi connectivity index (χ3v) is 2.38. The van der Waals surface area contributed by atoms with Gasteiger partial charge in [0, 0.05) is 18.6 Å². The number of methoxy groups -OCH3 is 2. The summed E-state index contributed by atoms with van der Waals surface area (Å²) >= 11 is 6.06. The van der Waals surface area contributed by atoms with Crippen molar-refractivity contribution < 1.29 is 14.6 Å². The van der Waals surface area contributed by atoms with E-state index in [0.29, 0.717) is 22.9 Å². The zero-order valence-electron chi connectivity index (χ0n) is 8.21. The predicted molar refractivity (Wildman–Crippen MR) is 55.3 cm³/mol. The van der Waals surface area contributed by atoms with Crippen LogP contribution in [0.1, 0.15) is 5.56 Å². The van der Waals surface area contributed by atoms with Gasteiger partial charge in [-0.2, -0.15) is 0 Å². The second-order valence-corrected chi connectivity index (χ2v) is 3.11. The van der Waals surface area contributed by atoms with E-state index in [1.54, 1.807) is 26.4 Å². The fraction of sp³-hybridized carbons (Fsp3) is 0.400. The third kappa shape index (κ3) is 2.11. The molecule has 0 radical (unpaired) electrons. The number of rotatable bonds is 4. The summed E-state index contributed by atoms with van der Waals surface area (Å²) in [5, 5.41) is 9.37. The summed E-state index contributed by atoms with van der Waals surface area (Å²) in [4.78, 5) is 0. The maximum atomic E-state index is 8.87. The highest BCUT2D eigenvalue weighted by Gasteiger charge is 2.11. The maximum absolute atomic E-state index is 8.87. The van der Waals surface area contributed by atoms with Gasteiger partial charge in [-0.25, -0.2) is 0 Å². The van der Waals surface area contributed by atoms with E-state index in [1.807, 2.05) is 0 Å². The van der Waals surface area contributed by atoms with Crippen molar-refractivity contribution in [3.63, 3.8) is 0 Å². The molecule has 0 aliphatic rings. The van der Waals surface area contributed by atoms with Gasteiger partial charge in [-0.15, -0.1) is 0 Å². The van der Waals surface area contributed by atoms with Crippen LogP contribution in [0, 0.1) is 0 Å². The molecular weight excluding hydrogens is 204 g/mol. The Morgan fingerprint density at radius 2 is 1.79 bits per heavy atom. The van der Waals surface area contributed by atoms with Crippen molar-refractivity contribution >= 4 is 11.6 Å². The van der Waals surface area contributed by atoms with Crippen LogP contribution in [-0.2, 0) is 6.42 Å². The highest BCUT2D eigenvalue weighted by molar-refractivity contribution is 6.33. The van der Waals surface area contributed by atoms with Crippen molar-refractivity contribution in [2.75, 3.05) is 20.8 Å². The van der Waals surface area contributed by atoms with Crippen molar-refractivity contribution in [3.8, 4) is 11.5 Å². The SMILES string of the molecule is COc1ccc(OC)c(CCO)c1Cl. The highest BCUT2D eigenvalue weighted by atomic mass is 35.5. The molecule has 3 nitrogen and oxygen atoms in total. The molecule has 14 heavy (non-hydrogen) atoms. The molecule has 0 saturated carbocycles. The first-order valence-electron chi connectivity index (χ1n) is 4.24. The lowest BCUT2D eigenvalue weighted by Gasteiger charge is -2.12. The molecule has 0 aliphatic carbocycles. The summed E-state index contributed by atoms with van der Waals surface area (Å²) in [6, 6.07) is 3.51. The minimum absolute atomic E-state index is 0.0310. The van der Waals surface area contributed by atoms with E-state index in [9.17, 15) is 0 Å². The Morgan fingerprint density at radius 1 is 1.21 bits per heavy atom. The Labute approximate surface area is 88.2 Å². The molecule has 1 rings (SSSR count). The van der Waals surface area contributed by atoms with E-state index in [4.69, 9.17) is 26.2 Å². The van der Waals surface area contributed by atoms with Crippen LogP contribution in [0.4, 0.5) is 0 Å². The first kappa shape index (κ1) is 11.1. The maximum Gasteiger partial charge on any atom is 0.138 e. The van der Waals surface area contributed by atoms with Crippen LogP contribution >= 0.6 is 11.6 Å². The van der Waals surface area contributed by atoms with Gasteiger partial charge in [0.1, 0.15) is 11.5 Å². The molecule has 4 heteroatoms. The van der Waals surface area contributed by atoms with Crippen LogP contribution in [0.15, 0.2) is 12.1 Å². The number of hydrogen-bond acceptors (Lipinski definition) is 3. The van der Waals surface area contributed by atoms with E-state index in [2.05, 4.69) is 0 Å². The Morgan fingerprint density at radius 3 is 2.29 bits per heavy atom. The number of aliphatic hydroxyl groups is 1. The number of aliphatic hydroxyl groups excluding tert-OH is 1. The second kappa shape index (κ2) is 5.08. The van der Waals surface area contributed by atoms with Crippen LogP contribution < -0.4 is 9.47 Å². The van der Waals surface area contributed by atoms with Gasteiger partial charge in [0.25, 0.3) is 0 Å². The van der Waals surface area contributed by atoms with Crippen molar-refractivity contribution in [2.45, 2.75) is 6.42 Å². The molecule has 0 unspecified atom stereocenters. The van der Waals surface area contributed by atoms with E-state index in [-0.39, 0.29) is 6.61 Å². The van der Waals surface area contributed by atoms with Crippen LogP contribution in [0.5, 0.6) is 11.5 Å².